The Kier molecular flexibility index (Phi) is 7.67. The van der Waals surface area contributed by atoms with Gasteiger partial charge in [-0.3, -0.25) is 9.59 Å². The van der Waals surface area contributed by atoms with Crippen LogP contribution in [0.2, 0.25) is 0 Å². The molecule has 8 heteroatoms. The highest BCUT2D eigenvalue weighted by Crippen LogP contribution is 2.42. The van der Waals surface area contributed by atoms with Crippen molar-refractivity contribution >= 4 is 17.4 Å². The predicted molar refractivity (Wildman–Crippen MR) is 138 cm³/mol. The number of ketones is 1. The fourth-order valence-corrected chi connectivity index (χ4v) is 4.52. The Morgan fingerprint density at radius 2 is 1.38 bits per heavy atom. The first-order chi connectivity index (χ1) is 17.9. The van der Waals surface area contributed by atoms with Crippen molar-refractivity contribution in [1.29, 1.82) is 0 Å². The summed E-state index contributed by atoms with van der Waals surface area (Å²) < 4.78 is 21.5. The second-order valence-corrected chi connectivity index (χ2v) is 8.41. The molecular formula is C29H29NO7. The van der Waals surface area contributed by atoms with Crippen LogP contribution in [0.4, 0.5) is 0 Å². The maximum absolute atomic E-state index is 13.3. The minimum absolute atomic E-state index is 0.0238. The molecular weight excluding hydrogens is 474 g/mol. The smallest absolute Gasteiger partial charge is 0.295 e. The fourth-order valence-electron chi connectivity index (χ4n) is 4.52. The zero-order valence-electron chi connectivity index (χ0n) is 21.2. The normalized spacial score (nSPS) is 16.5. The van der Waals surface area contributed by atoms with Gasteiger partial charge in [-0.1, -0.05) is 42.5 Å². The van der Waals surface area contributed by atoms with E-state index in [1.165, 1.54) is 19.1 Å². The van der Waals surface area contributed by atoms with Gasteiger partial charge < -0.3 is 29.0 Å². The summed E-state index contributed by atoms with van der Waals surface area (Å²) in [5.74, 6) is 0.475. The van der Waals surface area contributed by atoms with E-state index < -0.39 is 17.7 Å². The number of aliphatic hydroxyl groups is 1. The Hall–Kier alpha value is -4.46. The molecule has 0 radical (unpaired) electrons. The van der Waals surface area contributed by atoms with Gasteiger partial charge >= 0.3 is 0 Å². The first-order valence-corrected chi connectivity index (χ1v) is 11.7. The number of carbonyl (C=O) groups excluding carboxylic acids is 2. The number of Topliss-reactive ketones (excluding diaryl/α,β-unsaturated/α-hetero) is 1. The molecule has 0 aliphatic carbocycles. The number of methoxy groups -OCH3 is 4. The fraction of sp³-hybridized carbons (Fsp3) is 0.241. The summed E-state index contributed by atoms with van der Waals surface area (Å²) >= 11 is 0. The van der Waals surface area contributed by atoms with Crippen molar-refractivity contribution in [1.82, 2.24) is 4.90 Å². The average molecular weight is 504 g/mol. The van der Waals surface area contributed by atoms with E-state index in [4.69, 9.17) is 18.9 Å². The molecule has 0 spiro atoms. The molecule has 1 amide bonds. The lowest BCUT2D eigenvalue weighted by atomic mass is 9.95. The number of hydrogen-bond acceptors (Lipinski definition) is 7. The number of amides is 1. The van der Waals surface area contributed by atoms with Gasteiger partial charge in [0.1, 0.15) is 5.76 Å². The van der Waals surface area contributed by atoms with Crippen molar-refractivity contribution in [2.24, 2.45) is 0 Å². The maximum atomic E-state index is 13.3. The van der Waals surface area contributed by atoms with Gasteiger partial charge in [-0.2, -0.15) is 0 Å². The maximum Gasteiger partial charge on any atom is 0.295 e. The summed E-state index contributed by atoms with van der Waals surface area (Å²) in [6.45, 7) is 0.227. The van der Waals surface area contributed by atoms with Gasteiger partial charge in [-0.05, 0) is 41.8 Å². The van der Waals surface area contributed by atoms with Gasteiger partial charge in [0.25, 0.3) is 11.7 Å². The molecule has 37 heavy (non-hydrogen) atoms. The molecule has 192 valence electrons. The van der Waals surface area contributed by atoms with Crippen molar-refractivity contribution in [3.05, 3.63) is 89.0 Å². The Morgan fingerprint density at radius 1 is 0.784 bits per heavy atom. The molecule has 4 rings (SSSR count). The van der Waals surface area contributed by atoms with Crippen LogP contribution in [-0.2, 0) is 16.0 Å². The largest absolute Gasteiger partial charge is 0.507 e. The van der Waals surface area contributed by atoms with Gasteiger partial charge in [0.05, 0.1) is 40.1 Å². The van der Waals surface area contributed by atoms with Crippen LogP contribution in [0.5, 0.6) is 23.0 Å². The van der Waals surface area contributed by atoms with Gasteiger partial charge in [-0.15, -0.1) is 0 Å². The van der Waals surface area contributed by atoms with Crippen LogP contribution in [0.25, 0.3) is 5.76 Å². The summed E-state index contributed by atoms with van der Waals surface area (Å²) in [6.07, 6.45) is 0.447. The van der Waals surface area contributed by atoms with Crippen LogP contribution >= 0.6 is 0 Å². The van der Waals surface area contributed by atoms with Crippen LogP contribution < -0.4 is 18.9 Å². The topological polar surface area (TPSA) is 94.5 Å². The van der Waals surface area contributed by atoms with E-state index in [9.17, 15) is 14.7 Å². The molecule has 1 fully saturated rings. The average Bonchev–Trinajstić information content (AvgIpc) is 3.20. The monoisotopic (exact) mass is 503 g/mol. The Balaban J connectivity index is 1.78. The zero-order valence-corrected chi connectivity index (χ0v) is 21.2. The third-order valence-electron chi connectivity index (χ3n) is 6.40. The van der Waals surface area contributed by atoms with E-state index in [0.29, 0.717) is 40.5 Å². The molecule has 0 saturated carbocycles. The first-order valence-electron chi connectivity index (χ1n) is 11.7. The van der Waals surface area contributed by atoms with Crippen molar-refractivity contribution in [3.8, 4) is 23.0 Å². The third kappa shape index (κ3) is 4.95. The van der Waals surface area contributed by atoms with Crippen LogP contribution in [0.15, 0.2) is 72.3 Å². The standard InChI is InChI=1S/C29H29NO7/c1-34-21-12-10-18(16-23(21)36-3)14-15-30-26(20-11-13-22(35-2)24(17-20)37-4)25(28(32)29(30)33)27(31)19-8-6-5-7-9-19/h5-13,16-17,26,31H,14-15H2,1-4H3/t26-/m0/s1. The molecule has 1 heterocycles. The molecule has 1 atom stereocenters. The molecule has 0 aromatic heterocycles. The number of aliphatic hydroxyl groups excluding tert-OH is 1. The molecule has 0 unspecified atom stereocenters. The number of rotatable bonds is 9. The number of hydrogen-bond donors (Lipinski definition) is 1. The van der Waals surface area contributed by atoms with Gasteiger partial charge in [0.2, 0.25) is 0 Å². The highest BCUT2D eigenvalue weighted by atomic mass is 16.5. The van der Waals surface area contributed by atoms with E-state index >= 15 is 0 Å². The summed E-state index contributed by atoms with van der Waals surface area (Å²) in [5.41, 5.74) is 1.98. The Bertz CT molecular complexity index is 1330. The van der Waals surface area contributed by atoms with Gasteiger partial charge in [0.15, 0.2) is 23.0 Å². The van der Waals surface area contributed by atoms with E-state index in [0.717, 1.165) is 5.56 Å². The second-order valence-electron chi connectivity index (χ2n) is 8.41. The van der Waals surface area contributed by atoms with E-state index in [1.807, 2.05) is 18.2 Å². The van der Waals surface area contributed by atoms with E-state index in [1.54, 1.807) is 62.8 Å². The highest BCUT2D eigenvalue weighted by molar-refractivity contribution is 6.46. The SMILES string of the molecule is COc1ccc(CCN2C(=O)C(=O)C(=C(O)c3ccccc3)[C@@H]2c2ccc(OC)c(OC)c2)cc1OC. The molecule has 1 aliphatic heterocycles. The van der Waals surface area contributed by atoms with Crippen molar-refractivity contribution in [2.75, 3.05) is 35.0 Å². The summed E-state index contributed by atoms with van der Waals surface area (Å²) in [4.78, 5) is 28.1. The van der Waals surface area contributed by atoms with E-state index in [2.05, 4.69) is 0 Å². The van der Waals surface area contributed by atoms with Crippen LogP contribution in [0.3, 0.4) is 0 Å². The summed E-state index contributed by atoms with van der Waals surface area (Å²) in [6, 6.07) is 18.6. The predicted octanol–water partition coefficient (Wildman–Crippen LogP) is 4.39. The van der Waals surface area contributed by atoms with Crippen molar-refractivity contribution in [2.45, 2.75) is 12.5 Å². The lowest BCUT2D eigenvalue weighted by Gasteiger charge is -2.26. The lowest BCUT2D eigenvalue weighted by Crippen LogP contribution is -2.31. The first kappa shape index (κ1) is 25.6. The molecule has 1 saturated heterocycles. The summed E-state index contributed by atoms with van der Waals surface area (Å²) in [7, 11) is 6.16. The number of nitrogens with zero attached hydrogens (tertiary/aromatic N) is 1. The molecule has 3 aromatic rings. The molecule has 1 N–H and O–H groups in total. The highest BCUT2D eigenvalue weighted by Gasteiger charge is 2.46. The van der Waals surface area contributed by atoms with Crippen molar-refractivity contribution < 1.29 is 33.6 Å². The molecule has 1 aliphatic rings. The number of benzene rings is 3. The Morgan fingerprint density at radius 3 is 2.00 bits per heavy atom. The van der Waals surface area contributed by atoms with E-state index in [-0.39, 0.29) is 17.9 Å². The zero-order chi connectivity index (χ0) is 26.5. The second kappa shape index (κ2) is 11.1. The number of likely N-dealkylation sites (tertiary alicyclic amines) is 1. The lowest BCUT2D eigenvalue weighted by molar-refractivity contribution is -0.139. The van der Waals surface area contributed by atoms with Crippen molar-refractivity contribution in [3.63, 3.8) is 0 Å². The van der Waals surface area contributed by atoms with Gasteiger partial charge in [0, 0.05) is 12.1 Å². The minimum atomic E-state index is -0.819. The van der Waals surface area contributed by atoms with Crippen LogP contribution in [0.1, 0.15) is 22.7 Å². The number of carbonyl (C=O) groups is 2. The third-order valence-corrected chi connectivity index (χ3v) is 6.40. The molecule has 8 nitrogen and oxygen atoms in total. The Labute approximate surface area is 215 Å². The minimum Gasteiger partial charge on any atom is -0.507 e. The quantitative estimate of drug-likeness (QED) is 0.263. The van der Waals surface area contributed by atoms with Crippen LogP contribution in [-0.4, -0.2) is 56.7 Å². The molecule has 0 bridgehead atoms. The van der Waals surface area contributed by atoms with Crippen LogP contribution in [0, 0.1) is 0 Å². The summed E-state index contributed by atoms with van der Waals surface area (Å²) in [5, 5.41) is 11.2. The molecule has 3 aromatic carbocycles. The van der Waals surface area contributed by atoms with Gasteiger partial charge in [-0.25, -0.2) is 0 Å². The number of ether oxygens (including phenoxy) is 4.